The van der Waals surface area contributed by atoms with Gasteiger partial charge in [0.25, 0.3) is 0 Å². The maximum Gasteiger partial charge on any atom is 0.166 e. The molecule has 0 amide bonds. The van der Waals surface area contributed by atoms with E-state index in [0.717, 1.165) is 23.3 Å². The smallest absolute Gasteiger partial charge is 0.166 e. The summed E-state index contributed by atoms with van der Waals surface area (Å²) < 4.78 is 11.3. The summed E-state index contributed by atoms with van der Waals surface area (Å²) in [6, 6.07) is 3.68. The molecule has 0 saturated heterocycles. The first-order valence-electron chi connectivity index (χ1n) is 7.17. The molecule has 0 unspecified atom stereocenters. The van der Waals surface area contributed by atoms with E-state index in [-0.39, 0.29) is 5.54 Å². The molecule has 4 heteroatoms. The van der Waals surface area contributed by atoms with Crippen molar-refractivity contribution < 1.29 is 9.47 Å². The largest absolute Gasteiger partial charge is 0.493 e. The van der Waals surface area contributed by atoms with E-state index in [1.54, 1.807) is 13.2 Å². The SMILES string of the molecule is C=C(CC)COc1c(CNC(C)(C)C)cc(Cl)cc1OC. The fourth-order valence-corrected chi connectivity index (χ4v) is 1.94. The molecule has 0 spiro atoms. The summed E-state index contributed by atoms with van der Waals surface area (Å²) in [6.07, 6.45) is 0.894. The minimum Gasteiger partial charge on any atom is -0.493 e. The van der Waals surface area contributed by atoms with Crippen molar-refractivity contribution in [2.45, 2.75) is 46.2 Å². The van der Waals surface area contributed by atoms with Gasteiger partial charge in [0.15, 0.2) is 11.5 Å². The Morgan fingerprint density at radius 2 is 2.00 bits per heavy atom. The standard InChI is InChI=1S/C17H26ClNO2/c1-7-12(2)11-21-16-13(10-19-17(3,4)5)8-14(18)9-15(16)20-6/h8-9,19H,2,7,10-11H2,1,3-6H3. The Balaban J connectivity index is 3.02. The third-order valence-electron chi connectivity index (χ3n) is 3.05. The van der Waals surface area contributed by atoms with E-state index < -0.39 is 0 Å². The van der Waals surface area contributed by atoms with Crippen molar-refractivity contribution in [1.29, 1.82) is 0 Å². The number of halogens is 1. The van der Waals surface area contributed by atoms with Gasteiger partial charge in [-0.3, -0.25) is 0 Å². The normalized spacial score (nSPS) is 11.3. The lowest BCUT2D eigenvalue weighted by atomic mass is 10.1. The molecule has 0 saturated carbocycles. The molecule has 0 aliphatic carbocycles. The van der Waals surface area contributed by atoms with E-state index in [4.69, 9.17) is 21.1 Å². The topological polar surface area (TPSA) is 30.5 Å². The lowest BCUT2D eigenvalue weighted by molar-refractivity contribution is 0.311. The molecule has 0 aliphatic rings. The van der Waals surface area contributed by atoms with Crippen LogP contribution in [-0.2, 0) is 6.54 Å². The molecule has 1 aromatic rings. The fraction of sp³-hybridized carbons (Fsp3) is 0.529. The second-order valence-electron chi connectivity index (χ2n) is 6.09. The minimum atomic E-state index is 0.0137. The van der Waals surface area contributed by atoms with Crippen molar-refractivity contribution in [2.24, 2.45) is 0 Å². The molecule has 0 heterocycles. The number of benzene rings is 1. The van der Waals surface area contributed by atoms with Crippen LogP contribution in [-0.4, -0.2) is 19.3 Å². The van der Waals surface area contributed by atoms with Crippen molar-refractivity contribution in [3.63, 3.8) is 0 Å². The quantitative estimate of drug-likeness (QED) is 0.748. The highest BCUT2D eigenvalue weighted by Gasteiger charge is 2.16. The predicted octanol–water partition coefficient (Wildman–Crippen LogP) is 4.58. The summed E-state index contributed by atoms with van der Waals surface area (Å²) in [4.78, 5) is 0. The van der Waals surface area contributed by atoms with Crippen LogP contribution in [0.25, 0.3) is 0 Å². The zero-order chi connectivity index (χ0) is 16.0. The second-order valence-corrected chi connectivity index (χ2v) is 6.53. The zero-order valence-electron chi connectivity index (χ0n) is 13.7. The Kier molecular flexibility index (Phi) is 6.56. The van der Waals surface area contributed by atoms with Crippen molar-refractivity contribution in [1.82, 2.24) is 5.32 Å². The maximum atomic E-state index is 6.16. The molecule has 118 valence electrons. The van der Waals surface area contributed by atoms with E-state index in [0.29, 0.717) is 23.9 Å². The van der Waals surface area contributed by atoms with Gasteiger partial charge in [-0.05, 0) is 38.8 Å². The number of nitrogens with one attached hydrogen (secondary N) is 1. The Morgan fingerprint density at radius 1 is 1.33 bits per heavy atom. The Hall–Kier alpha value is -1.19. The minimum absolute atomic E-state index is 0.0137. The monoisotopic (exact) mass is 311 g/mol. The van der Waals surface area contributed by atoms with E-state index in [2.05, 4.69) is 39.6 Å². The van der Waals surface area contributed by atoms with Crippen molar-refractivity contribution >= 4 is 11.6 Å². The van der Waals surface area contributed by atoms with Gasteiger partial charge in [0, 0.05) is 28.7 Å². The Morgan fingerprint density at radius 3 is 2.52 bits per heavy atom. The molecule has 3 nitrogen and oxygen atoms in total. The molecule has 0 fully saturated rings. The number of hydrogen-bond donors (Lipinski definition) is 1. The third-order valence-corrected chi connectivity index (χ3v) is 3.26. The number of rotatable bonds is 7. The Bertz CT molecular complexity index is 492. The number of methoxy groups -OCH3 is 1. The average Bonchev–Trinajstić information content (AvgIpc) is 2.41. The van der Waals surface area contributed by atoms with Crippen LogP contribution in [0.2, 0.25) is 5.02 Å². The van der Waals surface area contributed by atoms with E-state index in [1.807, 2.05) is 6.07 Å². The molecule has 1 N–H and O–H groups in total. The molecule has 1 aromatic carbocycles. The van der Waals surface area contributed by atoms with Gasteiger partial charge < -0.3 is 14.8 Å². The molecule has 0 radical (unpaired) electrons. The van der Waals surface area contributed by atoms with Gasteiger partial charge in [0.05, 0.1) is 7.11 Å². The van der Waals surface area contributed by atoms with Crippen LogP contribution in [0.3, 0.4) is 0 Å². The molecular weight excluding hydrogens is 286 g/mol. The molecule has 0 atom stereocenters. The van der Waals surface area contributed by atoms with Crippen LogP contribution < -0.4 is 14.8 Å². The first-order valence-corrected chi connectivity index (χ1v) is 7.55. The number of hydrogen-bond acceptors (Lipinski definition) is 3. The first-order chi connectivity index (χ1) is 9.76. The van der Waals surface area contributed by atoms with Crippen LogP contribution in [0.15, 0.2) is 24.3 Å². The zero-order valence-corrected chi connectivity index (χ0v) is 14.4. The van der Waals surface area contributed by atoms with Gasteiger partial charge in [-0.15, -0.1) is 0 Å². The van der Waals surface area contributed by atoms with Crippen LogP contribution in [0.4, 0.5) is 0 Å². The highest BCUT2D eigenvalue weighted by Crippen LogP contribution is 2.35. The van der Waals surface area contributed by atoms with E-state index in [9.17, 15) is 0 Å². The molecule has 0 bridgehead atoms. The van der Waals surface area contributed by atoms with Crippen LogP contribution >= 0.6 is 11.6 Å². The van der Waals surface area contributed by atoms with Gasteiger partial charge in [-0.1, -0.05) is 25.1 Å². The second kappa shape index (κ2) is 7.71. The molecule has 1 rings (SSSR count). The average molecular weight is 312 g/mol. The van der Waals surface area contributed by atoms with E-state index in [1.165, 1.54) is 0 Å². The molecule has 0 aromatic heterocycles. The molecular formula is C17H26ClNO2. The van der Waals surface area contributed by atoms with Crippen LogP contribution in [0.1, 0.15) is 39.7 Å². The summed E-state index contributed by atoms with van der Waals surface area (Å²) in [5, 5.41) is 4.08. The van der Waals surface area contributed by atoms with Crippen LogP contribution in [0, 0.1) is 0 Å². The number of ether oxygens (including phenoxy) is 2. The maximum absolute atomic E-state index is 6.16. The van der Waals surface area contributed by atoms with Gasteiger partial charge in [0.2, 0.25) is 0 Å². The lowest BCUT2D eigenvalue weighted by Gasteiger charge is -2.23. The Labute approximate surface area is 133 Å². The van der Waals surface area contributed by atoms with Gasteiger partial charge in [-0.2, -0.15) is 0 Å². The summed E-state index contributed by atoms with van der Waals surface area (Å²) >= 11 is 6.16. The van der Waals surface area contributed by atoms with Crippen LogP contribution in [0.5, 0.6) is 11.5 Å². The highest BCUT2D eigenvalue weighted by molar-refractivity contribution is 6.30. The highest BCUT2D eigenvalue weighted by atomic mass is 35.5. The van der Waals surface area contributed by atoms with Crippen molar-refractivity contribution in [2.75, 3.05) is 13.7 Å². The fourth-order valence-electron chi connectivity index (χ4n) is 1.71. The summed E-state index contributed by atoms with van der Waals surface area (Å²) in [7, 11) is 1.62. The van der Waals surface area contributed by atoms with Crippen molar-refractivity contribution in [3.05, 3.63) is 34.9 Å². The first kappa shape index (κ1) is 17.9. The summed E-state index contributed by atoms with van der Waals surface area (Å²) in [5.74, 6) is 1.38. The van der Waals surface area contributed by atoms with Crippen molar-refractivity contribution in [3.8, 4) is 11.5 Å². The summed E-state index contributed by atoms with van der Waals surface area (Å²) in [6.45, 7) is 13.5. The van der Waals surface area contributed by atoms with E-state index >= 15 is 0 Å². The third kappa shape index (κ3) is 5.98. The molecule has 0 aliphatic heterocycles. The van der Waals surface area contributed by atoms with Gasteiger partial charge in [0.1, 0.15) is 6.61 Å². The predicted molar refractivity (Wildman–Crippen MR) is 89.5 cm³/mol. The van der Waals surface area contributed by atoms with Gasteiger partial charge >= 0.3 is 0 Å². The van der Waals surface area contributed by atoms with Gasteiger partial charge in [-0.25, -0.2) is 0 Å². The summed E-state index contributed by atoms with van der Waals surface area (Å²) in [5.41, 5.74) is 2.04. The molecule has 21 heavy (non-hydrogen) atoms. The lowest BCUT2D eigenvalue weighted by Crippen LogP contribution is -2.35.